The third kappa shape index (κ3) is 25.6. The molecule has 0 fully saturated rings. The van der Waals surface area contributed by atoms with E-state index < -0.39 is 0 Å². The van der Waals surface area contributed by atoms with Gasteiger partial charge in [0, 0.05) is 12.8 Å². The SMILES string of the molecule is CC(C)CCOC(=O)CCCCCCCCCCCCCCC(C)CCC(=O)OCCC(C)C. The van der Waals surface area contributed by atoms with Crippen molar-refractivity contribution in [1.82, 2.24) is 0 Å². The van der Waals surface area contributed by atoms with Crippen molar-refractivity contribution in [2.75, 3.05) is 13.2 Å². The molecule has 34 heavy (non-hydrogen) atoms. The minimum absolute atomic E-state index is 0.0210. The molecule has 0 spiro atoms. The van der Waals surface area contributed by atoms with Crippen molar-refractivity contribution in [2.24, 2.45) is 17.8 Å². The van der Waals surface area contributed by atoms with Crippen molar-refractivity contribution in [1.29, 1.82) is 0 Å². The Morgan fingerprint density at radius 3 is 1.29 bits per heavy atom. The van der Waals surface area contributed by atoms with Gasteiger partial charge in [0.05, 0.1) is 13.2 Å². The van der Waals surface area contributed by atoms with Gasteiger partial charge in [0.1, 0.15) is 0 Å². The molecule has 202 valence electrons. The van der Waals surface area contributed by atoms with Crippen LogP contribution in [-0.4, -0.2) is 25.2 Å². The van der Waals surface area contributed by atoms with Gasteiger partial charge in [0.15, 0.2) is 0 Å². The van der Waals surface area contributed by atoms with Crippen molar-refractivity contribution >= 4 is 11.9 Å². The van der Waals surface area contributed by atoms with E-state index in [-0.39, 0.29) is 11.9 Å². The summed E-state index contributed by atoms with van der Waals surface area (Å²) in [6, 6.07) is 0. The van der Waals surface area contributed by atoms with Crippen LogP contribution in [0, 0.1) is 17.8 Å². The summed E-state index contributed by atoms with van der Waals surface area (Å²) in [5.41, 5.74) is 0. The van der Waals surface area contributed by atoms with Crippen LogP contribution in [0.1, 0.15) is 150 Å². The molecule has 1 atom stereocenters. The number of esters is 2. The maximum atomic E-state index is 11.8. The van der Waals surface area contributed by atoms with Crippen molar-refractivity contribution in [3.05, 3.63) is 0 Å². The highest BCUT2D eigenvalue weighted by molar-refractivity contribution is 5.69. The van der Waals surface area contributed by atoms with E-state index in [0.29, 0.717) is 43.8 Å². The smallest absolute Gasteiger partial charge is 0.305 e. The lowest BCUT2D eigenvalue weighted by Crippen LogP contribution is -2.09. The van der Waals surface area contributed by atoms with Crippen LogP contribution in [0.25, 0.3) is 0 Å². The van der Waals surface area contributed by atoms with Gasteiger partial charge >= 0.3 is 11.9 Å². The number of hydrogen-bond donors (Lipinski definition) is 0. The van der Waals surface area contributed by atoms with Gasteiger partial charge in [0.2, 0.25) is 0 Å². The Balaban J connectivity index is 3.30. The first-order chi connectivity index (χ1) is 16.3. The molecule has 1 unspecified atom stereocenters. The predicted octanol–water partition coefficient (Wildman–Crippen LogP) is 9.04. The van der Waals surface area contributed by atoms with Crippen molar-refractivity contribution in [3.8, 4) is 0 Å². The zero-order valence-corrected chi connectivity index (χ0v) is 23.5. The average Bonchev–Trinajstić information content (AvgIpc) is 2.77. The van der Waals surface area contributed by atoms with Crippen molar-refractivity contribution in [2.45, 2.75) is 150 Å². The maximum absolute atomic E-state index is 11.8. The second-order valence-electron chi connectivity index (χ2n) is 11.2. The van der Waals surface area contributed by atoms with Gasteiger partial charge in [-0.25, -0.2) is 0 Å². The van der Waals surface area contributed by atoms with Crippen LogP contribution < -0.4 is 0 Å². The van der Waals surface area contributed by atoms with E-state index in [1.807, 2.05) is 0 Å². The van der Waals surface area contributed by atoms with Gasteiger partial charge in [-0.2, -0.15) is 0 Å². The third-order valence-corrected chi connectivity index (χ3v) is 6.59. The highest BCUT2D eigenvalue weighted by Gasteiger charge is 2.08. The number of unbranched alkanes of at least 4 members (excludes halogenated alkanes) is 11. The first-order valence-corrected chi connectivity index (χ1v) is 14.6. The molecule has 0 aromatic heterocycles. The molecule has 4 heteroatoms. The molecule has 4 nitrogen and oxygen atoms in total. The first kappa shape index (κ1) is 32.9. The number of carbonyl (C=O) groups is 2. The number of rotatable bonds is 24. The average molecular weight is 483 g/mol. The topological polar surface area (TPSA) is 52.6 Å². The van der Waals surface area contributed by atoms with E-state index in [9.17, 15) is 9.59 Å². The molecular weight excluding hydrogens is 424 g/mol. The number of hydrogen-bond acceptors (Lipinski definition) is 4. The Bertz CT molecular complexity index is 472. The monoisotopic (exact) mass is 482 g/mol. The van der Waals surface area contributed by atoms with E-state index in [2.05, 4.69) is 34.6 Å². The van der Waals surface area contributed by atoms with Gasteiger partial charge in [-0.1, -0.05) is 112 Å². The molecule has 0 aromatic rings. The van der Waals surface area contributed by atoms with E-state index in [0.717, 1.165) is 32.1 Å². The van der Waals surface area contributed by atoms with Gasteiger partial charge in [0.25, 0.3) is 0 Å². The third-order valence-electron chi connectivity index (χ3n) is 6.59. The first-order valence-electron chi connectivity index (χ1n) is 14.6. The van der Waals surface area contributed by atoms with Crippen LogP contribution in [0.5, 0.6) is 0 Å². The summed E-state index contributed by atoms with van der Waals surface area (Å²) in [5, 5.41) is 0. The van der Waals surface area contributed by atoms with Gasteiger partial charge in [-0.3, -0.25) is 9.59 Å². The molecule has 0 aliphatic rings. The maximum Gasteiger partial charge on any atom is 0.305 e. The molecule has 0 radical (unpaired) electrons. The summed E-state index contributed by atoms with van der Waals surface area (Å²) < 4.78 is 10.5. The second-order valence-corrected chi connectivity index (χ2v) is 11.2. The van der Waals surface area contributed by atoms with Crippen LogP contribution in [0.4, 0.5) is 0 Å². The second kappa shape index (κ2) is 23.7. The summed E-state index contributed by atoms with van der Waals surface area (Å²) in [4.78, 5) is 23.4. The number of ether oxygens (including phenoxy) is 2. The van der Waals surface area contributed by atoms with Gasteiger partial charge < -0.3 is 9.47 Å². The lowest BCUT2D eigenvalue weighted by molar-refractivity contribution is -0.145. The molecule has 0 amide bonds. The molecule has 0 saturated carbocycles. The standard InChI is InChI=1S/C30H58O4/c1-26(2)22-24-33-29(31)19-17-15-13-11-9-7-6-8-10-12-14-16-18-28(5)20-21-30(32)34-25-23-27(3)4/h26-28H,6-25H2,1-5H3. The fraction of sp³-hybridized carbons (Fsp3) is 0.933. The Kier molecular flexibility index (Phi) is 22.9. The highest BCUT2D eigenvalue weighted by atomic mass is 16.5. The summed E-state index contributed by atoms with van der Waals surface area (Å²) in [7, 11) is 0. The zero-order valence-electron chi connectivity index (χ0n) is 23.5. The van der Waals surface area contributed by atoms with Gasteiger partial charge in [-0.15, -0.1) is 0 Å². The van der Waals surface area contributed by atoms with Crippen LogP contribution in [0.2, 0.25) is 0 Å². The summed E-state index contributed by atoms with van der Waals surface area (Å²) in [6.07, 6.45) is 20.6. The molecule has 0 bridgehead atoms. The largest absolute Gasteiger partial charge is 0.466 e. The van der Waals surface area contributed by atoms with Crippen LogP contribution in [-0.2, 0) is 19.1 Å². The van der Waals surface area contributed by atoms with Gasteiger partial charge in [-0.05, 0) is 43.4 Å². The molecule has 0 aliphatic carbocycles. The summed E-state index contributed by atoms with van der Waals surface area (Å²) >= 11 is 0. The molecule has 0 heterocycles. The fourth-order valence-corrected chi connectivity index (χ4v) is 4.00. The van der Waals surface area contributed by atoms with E-state index in [4.69, 9.17) is 9.47 Å². The summed E-state index contributed by atoms with van der Waals surface area (Å²) in [6.45, 7) is 12.0. The lowest BCUT2D eigenvalue weighted by atomic mass is 9.97. The Morgan fingerprint density at radius 2 is 0.853 bits per heavy atom. The predicted molar refractivity (Wildman–Crippen MR) is 144 cm³/mol. The quantitative estimate of drug-likeness (QED) is 0.102. The Labute approximate surface area is 212 Å². The fourth-order valence-electron chi connectivity index (χ4n) is 4.00. The zero-order chi connectivity index (χ0) is 25.4. The number of carbonyl (C=O) groups excluding carboxylic acids is 2. The van der Waals surface area contributed by atoms with Crippen molar-refractivity contribution < 1.29 is 19.1 Å². The normalized spacial score (nSPS) is 12.3. The van der Waals surface area contributed by atoms with E-state index in [1.54, 1.807) is 0 Å². The molecule has 0 N–H and O–H groups in total. The molecule has 0 aliphatic heterocycles. The van der Waals surface area contributed by atoms with Crippen LogP contribution in [0.3, 0.4) is 0 Å². The molecule has 0 saturated heterocycles. The van der Waals surface area contributed by atoms with E-state index >= 15 is 0 Å². The van der Waals surface area contributed by atoms with Crippen molar-refractivity contribution in [3.63, 3.8) is 0 Å². The lowest BCUT2D eigenvalue weighted by Gasteiger charge is -2.11. The Morgan fingerprint density at radius 1 is 0.471 bits per heavy atom. The molecular formula is C30H58O4. The highest BCUT2D eigenvalue weighted by Crippen LogP contribution is 2.17. The van der Waals surface area contributed by atoms with E-state index in [1.165, 1.54) is 70.6 Å². The molecule has 0 rings (SSSR count). The molecule has 0 aromatic carbocycles. The summed E-state index contributed by atoms with van der Waals surface area (Å²) in [5.74, 6) is 1.76. The van der Waals surface area contributed by atoms with Crippen LogP contribution >= 0.6 is 0 Å². The van der Waals surface area contributed by atoms with Crippen LogP contribution in [0.15, 0.2) is 0 Å². The minimum atomic E-state index is -0.0234. The Hall–Kier alpha value is -1.06. The minimum Gasteiger partial charge on any atom is -0.466 e.